The number of benzene rings is 2. The molecule has 306 valence electrons. The van der Waals surface area contributed by atoms with Crippen LogP contribution in [0.2, 0.25) is 0 Å². The number of Topliss-reactive ketones (excluding diaryl/α,β-unsaturated/α-hetero) is 2. The average Bonchev–Trinajstić information content (AvgIpc) is 3.16. The van der Waals surface area contributed by atoms with E-state index in [-0.39, 0.29) is 67.6 Å². The van der Waals surface area contributed by atoms with Gasteiger partial charge < -0.3 is 40.2 Å². The molecular weight excluding hydrogens is 716 g/mol. The van der Waals surface area contributed by atoms with Crippen molar-refractivity contribution in [1.29, 1.82) is 0 Å². The fraction of sp³-hybridized carbons (Fsp3) is 0.558. The monoisotopic (exact) mass is 776 g/mol. The fourth-order valence-corrected chi connectivity index (χ4v) is 6.05. The maximum Gasteiger partial charge on any atom is 0.312 e. The first-order chi connectivity index (χ1) is 27.0. The summed E-state index contributed by atoms with van der Waals surface area (Å²) in [5.41, 5.74) is 8.49. The number of nitrogens with zero attached hydrogens (tertiary/aromatic N) is 1. The summed E-state index contributed by atoms with van der Waals surface area (Å²) in [6, 6.07) is 14.8. The fourth-order valence-electron chi connectivity index (χ4n) is 6.05. The smallest absolute Gasteiger partial charge is 0.312 e. The van der Waals surface area contributed by atoms with Gasteiger partial charge in [0.2, 0.25) is 11.8 Å². The summed E-state index contributed by atoms with van der Waals surface area (Å²) in [7, 11) is 0. The van der Waals surface area contributed by atoms with E-state index in [4.69, 9.17) is 24.7 Å². The molecule has 0 saturated heterocycles. The highest BCUT2D eigenvalue weighted by molar-refractivity contribution is 5.97. The van der Waals surface area contributed by atoms with Gasteiger partial charge in [-0.1, -0.05) is 56.0 Å². The lowest BCUT2D eigenvalue weighted by molar-refractivity contribution is -0.131. The largest absolute Gasteiger partial charge is 0.379 e. The highest BCUT2D eigenvalue weighted by Crippen LogP contribution is 2.26. The van der Waals surface area contributed by atoms with Crippen molar-refractivity contribution in [3.63, 3.8) is 0 Å². The Balaban J connectivity index is 1.15. The number of carbonyl (C=O) groups is 5. The Morgan fingerprint density at radius 2 is 1.32 bits per heavy atom. The molecule has 2 aromatic rings. The molecule has 13 nitrogen and oxygen atoms in total. The van der Waals surface area contributed by atoms with Crippen LogP contribution in [0.1, 0.15) is 88.8 Å². The molecule has 0 radical (unpaired) electrons. The number of nitrogens with two attached hydrogens (primary N) is 1. The molecule has 4 N–H and O–H groups in total. The number of ketones is 2. The van der Waals surface area contributed by atoms with E-state index in [1.54, 1.807) is 4.90 Å². The molecule has 2 atom stereocenters. The van der Waals surface area contributed by atoms with Crippen molar-refractivity contribution in [2.75, 3.05) is 64.3 Å². The zero-order valence-electron chi connectivity index (χ0n) is 33.3. The van der Waals surface area contributed by atoms with Crippen LogP contribution in [0.4, 0.5) is 10.5 Å². The molecule has 3 rings (SSSR count). The molecule has 0 unspecified atom stereocenters. The number of carbonyl (C=O) groups excluding carboxylic acids is 5. The molecule has 1 aliphatic rings. The summed E-state index contributed by atoms with van der Waals surface area (Å²) in [4.78, 5) is 63.7. The molecule has 0 saturated carbocycles. The highest BCUT2D eigenvalue weighted by Gasteiger charge is 2.26. The maximum atomic E-state index is 13.3. The van der Waals surface area contributed by atoms with Crippen molar-refractivity contribution in [3.05, 3.63) is 65.2 Å². The first-order valence-corrected chi connectivity index (χ1v) is 19.7. The number of hydrogen-bond acceptors (Lipinski definition) is 9. The number of fused-ring (bicyclic) bond motifs is 2. The van der Waals surface area contributed by atoms with E-state index in [0.717, 1.165) is 22.4 Å². The van der Waals surface area contributed by atoms with Crippen molar-refractivity contribution in [3.8, 4) is 11.8 Å². The van der Waals surface area contributed by atoms with Crippen LogP contribution in [0.15, 0.2) is 48.5 Å². The third-order valence-corrected chi connectivity index (χ3v) is 9.27. The van der Waals surface area contributed by atoms with E-state index in [1.165, 1.54) is 0 Å². The number of hydrogen-bond donors (Lipinski definition) is 3. The Morgan fingerprint density at radius 3 is 2.00 bits per heavy atom. The van der Waals surface area contributed by atoms with E-state index in [2.05, 4.69) is 22.5 Å². The van der Waals surface area contributed by atoms with Gasteiger partial charge in [-0.05, 0) is 55.9 Å². The summed E-state index contributed by atoms with van der Waals surface area (Å²) in [5, 5.41) is 5.50. The predicted molar refractivity (Wildman–Crippen MR) is 214 cm³/mol. The van der Waals surface area contributed by atoms with Gasteiger partial charge in [-0.15, -0.1) is 0 Å². The second kappa shape index (κ2) is 26.3. The van der Waals surface area contributed by atoms with E-state index in [0.29, 0.717) is 85.0 Å². The summed E-state index contributed by atoms with van der Waals surface area (Å²) < 4.78 is 22.2. The van der Waals surface area contributed by atoms with Gasteiger partial charge in [0.1, 0.15) is 11.6 Å². The average molecular weight is 777 g/mol. The number of amides is 4. The first kappa shape index (κ1) is 45.8. The third-order valence-electron chi connectivity index (χ3n) is 9.27. The zero-order chi connectivity index (χ0) is 40.5. The van der Waals surface area contributed by atoms with Crippen LogP contribution in [0, 0.1) is 23.7 Å². The first-order valence-electron chi connectivity index (χ1n) is 19.7. The standard InChI is InChI=1S/C43H60N4O9/c1-32(2)39(42(51)46-33(3)10-8-21-45-43(44)52)30-38(49)20-23-54-25-27-56-29-28-55-26-24-53-22-9-14-37(48)18-19-41(50)47-31-36-13-5-4-11-34(36)16-17-35-12-6-7-15-40(35)47/h4-7,11-13,15,32-33,39H,8-10,14,18-31H2,1-3H3,(H,46,51)(H3,44,45,52)/t33-,39+/m1/s1. The van der Waals surface area contributed by atoms with Gasteiger partial charge in [0.25, 0.3) is 0 Å². The lowest BCUT2D eigenvalue weighted by Gasteiger charge is -2.26. The minimum atomic E-state index is -0.570. The predicted octanol–water partition coefficient (Wildman–Crippen LogP) is 4.70. The van der Waals surface area contributed by atoms with Gasteiger partial charge in [-0.25, -0.2) is 4.79 Å². The van der Waals surface area contributed by atoms with Gasteiger partial charge in [0.05, 0.1) is 58.5 Å². The molecule has 0 bridgehead atoms. The highest BCUT2D eigenvalue weighted by atomic mass is 16.6. The molecule has 13 heteroatoms. The second-order valence-corrected chi connectivity index (χ2v) is 14.2. The van der Waals surface area contributed by atoms with Crippen molar-refractivity contribution in [2.45, 2.75) is 84.7 Å². The summed E-state index contributed by atoms with van der Waals surface area (Å²) >= 11 is 0. The molecule has 0 aromatic heterocycles. The Labute approximate surface area is 331 Å². The Hall–Kier alpha value is -4.61. The van der Waals surface area contributed by atoms with Crippen LogP contribution >= 0.6 is 0 Å². The van der Waals surface area contributed by atoms with Gasteiger partial charge in [-0.2, -0.15) is 0 Å². The van der Waals surface area contributed by atoms with Crippen LogP contribution in [-0.2, 0) is 44.7 Å². The Bertz CT molecular complexity index is 1620. The summed E-state index contributed by atoms with van der Waals surface area (Å²) in [6.07, 6.45) is 2.98. The second-order valence-electron chi connectivity index (χ2n) is 14.2. The number of primary amides is 1. The van der Waals surface area contributed by atoms with Crippen molar-refractivity contribution in [1.82, 2.24) is 10.6 Å². The van der Waals surface area contributed by atoms with Gasteiger partial charge in [-0.3, -0.25) is 19.2 Å². The molecule has 0 spiro atoms. The van der Waals surface area contributed by atoms with E-state index in [1.807, 2.05) is 69.3 Å². The summed E-state index contributed by atoms with van der Waals surface area (Å²) in [5.74, 6) is 5.75. The zero-order valence-corrected chi connectivity index (χ0v) is 33.3. The van der Waals surface area contributed by atoms with Gasteiger partial charge in [0, 0.05) is 68.3 Å². The minimum absolute atomic E-state index is 0.00686. The van der Waals surface area contributed by atoms with E-state index >= 15 is 0 Å². The van der Waals surface area contributed by atoms with Gasteiger partial charge in [0.15, 0.2) is 0 Å². The molecule has 0 aliphatic carbocycles. The molecule has 1 heterocycles. The molecule has 56 heavy (non-hydrogen) atoms. The lowest BCUT2D eigenvalue weighted by atomic mass is 9.89. The van der Waals surface area contributed by atoms with Crippen molar-refractivity contribution >= 4 is 35.1 Å². The number of rotatable bonds is 28. The van der Waals surface area contributed by atoms with Gasteiger partial charge >= 0.3 is 6.03 Å². The maximum absolute atomic E-state index is 13.3. The molecule has 4 amide bonds. The normalized spacial score (nSPS) is 13.0. The van der Waals surface area contributed by atoms with Crippen LogP contribution in [0.5, 0.6) is 0 Å². The van der Waals surface area contributed by atoms with E-state index < -0.39 is 11.9 Å². The minimum Gasteiger partial charge on any atom is -0.379 e. The number of para-hydroxylation sites is 1. The number of nitrogens with one attached hydrogen (secondary N) is 2. The quantitative estimate of drug-likeness (QED) is 0.0817. The molecule has 0 fully saturated rings. The van der Waals surface area contributed by atoms with Crippen LogP contribution in [0.3, 0.4) is 0 Å². The van der Waals surface area contributed by atoms with E-state index in [9.17, 15) is 24.0 Å². The number of ether oxygens (including phenoxy) is 4. The lowest BCUT2D eigenvalue weighted by Crippen LogP contribution is -2.40. The molecular formula is C43H60N4O9. The summed E-state index contributed by atoms with van der Waals surface area (Å²) in [6.45, 7) is 9.59. The van der Waals surface area contributed by atoms with Crippen molar-refractivity contribution in [2.24, 2.45) is 17.6 Å². The van der Waals surface area contributed by atoms with Crippen LogP contribution in [-0.4, -0.2) is 94.9 Å². The SMILES string of the molecule is CC(C)[C@H](CC(=O)CCOCCOCCOCCOCCCC(=O)CCC(=O)N1Cc2ccccc2C#Cc2ccccc21)C(=O)N[C@H](C)CCCNC(N)=O. The molecule has 2 aromatic carbocycles. The molecule has 1 aliphatic heterocycles. The third kappa shape index (κ3) is 17.9. The van der Waals surface area contributed by atoms with Crippen LogP contribution < -0.4 is 21.3 Å². The Kier molecular flexibility index (Phi) is 21.5. The Morgan fingerprint density at radius 1 is 0.714 bits per heavy atom. The number of urea groups is 1. The number of anilines is 1. The topological polar surface area (TPSA) is 176 Å². The van der Waals surface area contributed by atoms with Crippen LogP contribution in [0.25, 0.3) is 0 Å². The van der Waals surface area contributed by atoms with Crippen molar-refractivity contribution < 1.29 is 42.9 Å².